The molecule has 0 aromatic heterocycles. The van der Waals surface area contributed by atoms with Gasteiger partial charge in [0, 0.05) is 12.1 Å². The predicted octanol–water partition coefficient (Wildman–Crippen LogP) is 3.39. The molecule has 0 unspecified atom stereocenters. The van der Waals surface area contributed by atoms with E-state index in [0.717, 1.165) is 16.8 Å². The largest absolute Gasteiger partial charge is 0.481 e. The van der Waals surface area contributed by atoms with Crippen LogP contribution < -0.4 is 4.90 Å². The van der Waals surface area contributed by atoms with Crippen LogP contribution in [0, 0.1) is 6.92 Å². The highest BCUT2D eigenvalue weighted by Gasteiger charge is 2.17. The molecule has 4 nitrogen and oxygen atoms in total. The van der Waals surface area contributed by atoms with E-state index < -0.39 is 5.97 Å². The third kappa shape index (κ3) is 4.45. The van der Waals surface area contributed by atoms with Gasteiger partial charge in [-0.1, -0.05) is 48.0 Å². The molecule has 2 aromatic carbocycles. The maximum atomic E-state index is 12.4. The van der Waals surface area contributed by atoms with Gasteiger partial charge in [0.05, 0.1) is 13.0 Å². The monoisotopic (exact) mass is 297 g/mol. The lowest BCUT2D eigenvalue weighted by Gasteiger charge is -2.23. The fraction of sp³-hybridized carbons (Fsp3) is 0.222. The maximum absolute atomic E-state index is 12.4. The van der Waals surface area contributed by atoms with E-state index in [1.165, 1.54) is 0 Å². The Morgan fingerprint density at radius 2 is 1.59 bits per heavy atom. The average Bonchev–Trinajstić information content (AvgIpc) is 2.52. The van der Waals surface area contributed by atoms with E-state index in [-0.39, 0.29) is 18.7 Å². The van der Waals surface area contributed by atoms with E-state index in [9.17, 15) is 9.59 Å². The fourth-order valence-electron chi connectivity index (χ4n) is 2.16. The van der Waals surface area contributed by atoms with E-state index in [1.807, 2.05) is 61.5 Å². The lowest BCUT2D eigenvalue weighted by molar-refractivity contribution is -0.138. The summed E-state index contributed by atoms with van der Waals surface area (Å²) in [5, 5.41) is 8.77. The van der Waals surface area contributed by atoms with Crippen molar-refractivity contribution in [2.45, 2.75) is 26.3 Å². The molecule has 0 saturated carbocycles. The first kappa shape index (κ1) is 15.8. The third-order valence-electron chi connectivity index (χ3n) is 3.38. The van der Waals surface area contributed by atoms with Crippen LogP contribution in [0.25, 0.3) is 0 Å². The Hall–Kier alpha value is -2.62. The number of nitrogens with zero attached hydrogens (tertiary/aromatic N) is 1. The number of benzene rings is 2. The molecule has 0 atom stereocenters. The molecule has 0 bridgehead atoms. The standard InChI is InChI=1S/C18H19NO3/c1-14-7-9-16(10-8-14)19(17(20)11-12-18(21)22)13-15-5-3-2-4-6-15/h2-10H,11-13H2,1H3,(H,21,22). The van der Waals surface area contributed by atoms with Crippen LogP contribution in [0.5, 0.6) is 0 Å². The average molecular weight is 297 g/mol. The molecule has 22 heavy (non-hydrogen) atoms. The van der Waals surface area contributed by atoms with Crippen molar-refractivity contribution in [2.24, 2.45) is 0 Å². The Morgan fingerprint density at radius 3 is 2.18 bits per heavy atom. The topological polar surface area (TPSA) is 57.6 Å². The van der Waals surface area contributed by atoms with Crippen LogP contribution in [0.3, 0.4) is 0 Å². The van der Waals surface area contributed by atoms with Gasteiger partial charge in [0.2, 0.25) is 5.91 Å². The predicted molar refractivity (Wildman–Crippen MR) is 85.7 cm³/mol. The number of aryl methyl sites for hydroxylation is 1. The number of carbonyl (C=O) groups is 2. The molecular weight excluding hydrogens is 278 g/mol. The molecule has 114 valence electrons. The second kappa shape index (κ2) is 7.41. The Morgan fingerprint density at radius 1 is 0.955 bits per heavy atom. The summed E-state index contributed by atoms with van der Waals surface area (Å²) in [6.45, 7) is 2.42. The molecule has 0 radical (unpaired) electrons. The number of carboxylic acid groups (broad SMARTS) is 1. The smallest absolute Gasteiger partial charge is 0.303 e. The second-order valence-corrected chi connectivity index (χ2v) is 5.19. The first-order valence-electron chi connectivity index (χ1n) is 7.19. The van der Waals surface area contributed by atoms with Crippen LogP contribution in [0.1, 0.15) is 24.0 Å². The molecule has 0 heterocycles. The van der Waals surface area contributed by atoms with Gasteiger partial charge in [-0.25, -0.2) is 0 Å². The van der Waals surface area contributed by atoms with Gasteiger partial charge in [-0.2, -0.15) is 0 Å². The minimum Gasteiger partial charge on any atom is -0.481 e. The van der Waals surface area contributed by atoms with E-state index in [1.54, 1.807) is 4.90 Å². The fourth-order valence-corrected chi connectivity index (χ4v) is 2.16. The highest BCUT2D eigenvalue weighted by Crippen LogP contribution is 2.19. The van der Waals surface area contributed by atoms with Gasteiger partial charge in [-0.05, 0) is 24.6 Å². The lowest BCUT2D eigenvalue weighted by Crippen LogP contribution is -2.30. The molecule has 2 aromatic rings. The van der Waals surface area contributed by atoms with Gasteiger partial charge in [0.1, 0.15) is 0 Å². The van der Waals surface area contributed by atoms with Crippen molar-refractivity contribution in [3.05, 3.63) is 65.7 Å². The number of hydrogen-bond acceptors (Lipinski definition) is 2. The summed E-state index contributed by atoms with van der Waals surface area (Å²) < 4.78 is 0. The number of hydrogen-bond donors (Lipinski definition) is 1. The minimum atomic E-state index is -0.961. The first-order chi connectivity index (χ1) is 10.6. The number of carboxylic acids is 1. The Labute approximate surface area is 130 Å². The maximum Gasteiger partial charge on any atom is 0.303 e. The number of aliphatic carboxylic acids is 1. The molecule has 4 heteroatoms. The molecule has 2 rings (SSSR count). The second-order valence-electron chi connectivity index (χ2n) is 5.19. The Bertz CT molecular complexity index is 635. The van der Waals surface area contributed by atoms with Crippen LogP contribution in [-0.4, -0.2) is 17.0 Å². The Kier molecular flexibility index (Phi) is 5.31. The number of rotatable bonds is 6. The van der Waals surface area contributed by atoms with Crippen molar-refractivity contribution in [3.8, 4) is 0 Å². The number of amides is 1. The van der Waals surface area contributed by atoms with E-state index in [0.29, 0.717) is 6.54 Å². The lowest BCUT2D eigenvalue weighted by atomic mass is 10.1. The van der Waals surface area contributed by atoms with Gasteiger partial charge in [-0.15, -0.1) is 0 Å². The summed E-state index contributed by atoms with van der Waals surface area (Å²) in [6, 6.07) is 17.3. The van der Waals surface area contributed by atoms with Crippen molar-refractivity contribution in [2.75, 3.05) is 4.90 Å². The molecule has 0 aliphatic rings. The van der Waals surface area contributed by atoms with E-state index >= 15 is 0 Å². The van der Waals surface area contributed by atoms with Crippen molar-refractivity contribution in [3.63, 3.8) is 0 Å². The summed E-state index contributed by atoms with van der Waals surface area (Å²) in [5.74, 6) is -1.15. The highest BCUT2D eigenvalue weighted by molar-refractivity contribution is 5.94. The number of anilines is 1. The van der Waals surface area contributed by atoms with Gasteiger partial charge in [0.25, 0.3) is 0 Å². The van der Waals surface area contributed by atoms with E-state index in [4.69, 9.17) is 5.11 Å². The normalized spacial score (nSPS) is 10.2. The molecule has 0 aliphatic carbocycles. The van der Waals surface area contributed by atoms with Gasteiger partial charge >= 0.3 is 5.97 Å². The van der Waals surface area contributed by atoms with Crippen molar-refractivity contribution >= 4 is 17.6 Å². The zero-order valence-corrected chi connectivity index (χ0v) is 12.5. The van der Waals surface area contributed by atoms with Crippen LogP contribution in [0.2, 0.25) is 0 Å². The third-order valence-corrected chi connectivity index (χ3v) is 3.38. The molecule has 1 amide bonds. The summed E-state index contributed by atoms with van der Waals surface area (Å²) in [5.41, 5.74) is 2.90. The SMILES string of the molecule is Cc1ccc(N(Cc2ccccc2)C(=O)CCC(=O)O)cc1. The van der Waals surface area contributed by atoms with E-state index in [2.05, 4.69) is 0 Å². The van der Waals surface area contributed by atoms with Gasteiger partial charge < -0.3 is 10.0 Å². The summed E-state index contributed by atoms with van der Waals surface area (Å²) in [7, 11) is 0. The highest BCUT2D eigenvalue weighted by atomic mass is 16.4. The van der Waals surface area contributed by atoms with Crippen molar-refractivity contribution in [1.82, 2.24) is 0 Å². The van der Waals surface area contributed by atoms with Crippen LogP contribution >= 0.6 is 0 Å². The molecule has 1 N–H and O–H groups in total. The number of carbonyl (C=O) groups excluding carboxylic acids is 1. The molecule has 0 saturated heterocycles. The molecule has 0 aliphatic heterocycles. The van der Waals surface area contributed by atoms with Crippen molar-refractivity contribution in [1.29, 1.82) is 0 Å². The van der Waals surface area contributed by atoms with Crippen LogP contribution in [0.4, 0.5) is 5.69 Å². The van der Waals surface area contributed by atoms with Crippen molar-refractivity contribution < 1.29 is 14.7 Å². The summed E-state index contributed by atoms with van der Waals surface area (Å²) >= 11 is 0. The van der Waals surface area contributed by atoms with Crippen LogP contribution in [-0.2, 0) is 16.1 Å². The zero-order valence-electron chi connectivity index (χ0n) is 12.5. The first-order valence-corrected chi connectivity index (χ1v) is 7.19. The minimum absolute atomic E-state index is 0.00393. The zero-order chi connectivity index (χ0) is 15.9. The molecular formula is C18H19NO3. The molecule has 0 spiro atoms. The summed E-state index contributed by atoms with van der Waals surface area (Å²) in [4.78, 5) is 24.7. The van der Waals surface area contributed by atoms with Crippen LogP contribution in [0.15, 0.2) is 54.6 Å². The quantitative estimate of drug-likeness (QED) is 0.889. The summed E-state index contributed by atoms with van der Waals surface area (Å²) in [6.07, 6.45) is -0.161. The van der Waals surface area contributed by atoms with Gasteiger partial charge in [-0.3, -0.25) is 9.59 Å². The Balaban J connectivity index is 2.21. The molecule has 0 fully saturated rings. The van der Waals surface area contributed by atoms with Gasteiger partial charge in [0.15, 0.2) is 0 Å².